The van der Waals surface area contributed by atoms with Crippen LogP contribution in [-0.4, -0.2) is 29.1 Å². The Morgan fingerprint density at radius 2 is 1.68 bits per heavy atom. The van der Waals surface area contributed by atoms with Crippen LogP contribution in [-0.2, 0) is 10.0 Å². The van der Waals surface area contributed by atoms with Gasteiger partial charge in [0.15, 0.2) is 5.65 Å². The molecule has 2 aromatic heterocycles. The molecule has 0 saturated carbocycles. The number of sulfonamides is 1. The van der Waals surface area contributed by atoms with Gasteiger partial charge < -0.3 is 5.32 Å². The lowest BCUT2D eigenvalue weighted by Crippen LogP contribution is -2.16. The molecule has 0 fully saturated rings. The summed E-state index contributed by atoms with van der Waals surface area (Å²) in [5.74, 6) is 0.773. The Hall–Kier alpha value is -2.74. The van der Waals surface area contributed by atoms with Crippen molar-refractivity contribution in [2.24, 2.45) is 0 Å². The van der Waals surface area contributed by atoms with Crippen molar-refractivity contribution in [1.29, 1.82) is 0 Å². The van der Waals surface area contributed by atoms with Crippen molar-refractivity contribution in [2.75, 3.05) is 15.8 Å². The number of anilines is 3. The summed E-state index contributed by atoms with van der Waals surface area (Å²) in [6, 6.07) is 10.7. The van der Waals surface area contributed by atoms with Gasteiger partial charge in [-0.05, 0) is 42.8 Å². The van der Waals surface area contributed by atoms with Crippen molar-refractivity contribution in [2.45, 2.75) is 19.8 Å². The van der Waals surface area contributed by atoms with Crippen molar-refractivity contribution in [3.05, 3.63) is 48.8 Å². The van der Waals surface area contributed by atoms with E-state index in [0.29, 0.717) is 23.6 Å². The highest BCUT2D eigenvalue weighted by atomic mass is 32.2. The van der Waals surface area contributed by atoms with Gasteiger partial charge in [0, 0.05) is 23.8 Å². The molecule has 0 atom stereocenters. The smallest absolute Gasteiger partial charge is 0.232 e. The van der Waals surface area contributed by atoms with Crippen molar-refractivity contribution in [1.82, 2.24) is 15.0 Å². The van der Waals surface area contributed by atoms with Crippen molar-refractivity contribution >= 4 is 38.4 Å². The quantitative estimate of drug-likeness (QED) is 0.673. The first-order valence-electron chi connectivity index (χ1n) is 8.01. The first-order chi connectivity index (χ1) is 12.1. The van der Waals surface area contributed by atoms with Gasteiger partial charge in [0.1, 0.15) is 11.3 Å². The number of nitrogens with zero attached hydrogens (tertiary/aromatic N) is 3. The van der Waals surface area contributed by atoms with E-state index in [4.69, 9.17) is 0 Å². The topological polar surface area (TPSA) is 96.9 Å². The maximum atomic E-state index is 11.9. The highest BCUT2D eigenvalue weighted by molar-refractivity contribution is 7.92. The van der Waals surface area contributed by atoms with Gasteiger partial charge in [-0.25, -0.2) is 18.4 Å². The number of benzene rings is 1. The molecule has 2 N–H and O–H groups in total. The molecule has 130 valence electrons. The number of hydrogen-bond acceptors (Lipinski definition) is 6. The maximum absolute atomic E-state index is 11.9. The predicted octanol–water partition coefficient (Wildman–Crippen LogP) is 3.31. The number of nitrogens with one attached hydrogen (secondary N) is 2. The molecular formula is C17H19N5O2S. The average molecular weight is 357 g/mol. The molecule has 3 aromatic rings. The number of aromatic nitrogens is 3. The summed E-state index contributed by atoms with van der Waals surface area (Å²) in [4.78, 5) is 12.7. The monoisotopic (exact) mass is 357 g/mol. The van der Waals surface area contributed by atoms with Crippen LogP contribution >= 0.6 is 0 Å². The molecule has 0 aliphatic rings. The molecule has 0 bridgehead atoms. The Balaban J connectivity index is 1.69. The number of pyridine rings is 1. The Morgan fingerprint density at radius 3 is 2.44 bits per heavy atom. The van der Waals surface area contributed by atoms with E-state index in [-0.39, 0.29) is 5.75 Å². The second-order valence-corrected chi connectivity index (χ2v) is 7.41. The normalized spacial score (nSPS) is 11.4. The predicted molar refractivity (Wildman–Crippen MR) is 99.4 cm³/mol. The fraction of sp³-hybridized carbons (Fsp3) is 0.235. The van der Waals surface area contributed by atoms with E-state index in [9.17, 15) is 8.42 Å². The Morgan fingerprint density at radius 1 is 0.960 bits per heavy atom. The second-order valence-electron chi connectivity index (χ2n) is 5.57. The standard InChI is InChI=1S/C17H19N5O2S/c1-2-3-12-25(23,24)22-14-6-4-13(5-7-14)20-16-9-8-15-17(21-16)19-11-10-18-15/h4-11,22H,2-3,12H2,1H3,(H,19,20,21). The molecule has 0 aliphatic heterocycles. The molecule has 25 heavy (non-hydrogen) atoms. The minimum Gasteiger partial charge on any atom is -0.340 e. The highest BCUT2D eigenvalue weighted by Gasteiger charge is 2.09. The zero-order chi connectivity index (χ0) is 17.7. The van der Waals surface area contributed by atoms with Crippen LogP contribution in [0.3, 0.4) is 0 Å². The molecule has 0 saturated heterocycles. The van der Waals surface area contributed by atoms with Crippen LogP contribution < -0.4 is 10.0 Å². The zero-order valence-corrected chi connectivity index (χ0v) is 14.6. The van der Waals surface area contributed by atoms with Gasteiger partial charge in [-0.2, -0.15) is 0 Å². The third-order valence-corrected chi connectivity index (χ3v) is 4.90. The molecule has 0 spiro atoms. The third kappa shape index (κ3) is 4.63. The second kappa shape index (κ2) is 7.43. The Labute approximate surface area is 146 Å². The van der Waals surface area contributed by atoms with E-state index in [1.165, 1.54) is 0 Å². The van der Waals surface area contributed by atoms with E-state index in [0.717, 1.165) is 17.6 Å². The van der Waals surface area contributed by atoms with E-state index in [1.807, 2.05) is 19.1 Å². The fourth-order valence-electron chi connectivity index (χ4n) is 2.26. The summed E-state index contributed by atoms with van der Waals surface area (Å²) in [5.41, 5.74) is 2.63. The Kier molecular flexibility index (Phi) is 5.08. The first kappa shape index (κ1) is 17.1. The van der Waals surface area contributed by atoms with Crippen LogP contribution in [0.2, 0.25) is 0 Å². The van der Waals surface area contributed by atoms with Gasteiger partial charge in [0.05, 0.1) is 5.75 Å². The molecule has 1 aromatic carbocycles. The maximum Gasteiger partial charge on any atom is 0.232 e. The van der Waals surface area contributed by atoms with Gasteiger partial charge in [-0.1, -0.05) is 13.3 Å². The van der Waals surface area contributed by atoms with Crippen LogP contribution in [0.15, 0.2) is 48.8 Å². The van der Waals surface area contributed by atoms with Crippen molar-refractivity contribution < 1.29 is 8.42 Å². The number of unbranched alkanes of at least 4 members (excludes halogenated alkanes) is 1. The van der Waals surface area contributed by atoms with E-state index < -0.39 is 10.0 Å². The summed E-state index contributed by atoms with van der Waals surface area (Å²) in [7, 11) is -3.29. The van der Waals surface area contributed by atoms with E-state index in [1.54, 1.807) is 36.7 Å². The lowest BCUT2D eigenvalue weighted by atomic mass is 10.3. The molecule has 0 unspecified atom stereocenters. The molecule has 0 radical (unpaired) electrons. The molecule has 8 heteroatoms. The van der Waals surface area contributed by atoms with E-state index >= 15 is 0 Å². The van der Waals surface area contributed by atoms with Crippen LogP contribution in [0, 0.1) is 0 Å². The minimum atomic E-state index is -3.29. The van der Waals surface area contributed by atoms with Crippen LogP contribution in [0.5, 0.6) is 0 Å². The minimum absolute atomic E-state index is 0.131. The summed E-state index contributed by atoms with van der Waals surface area (Å²) < 4.78 is 26.4. The summed E-state index contributed by atoms with van der Waals surface area (Å²) in [6.07, 6.45) is 4.70. The highest BCUT2D eigenvalue weighted by Crippen LogP contribution is 2.19. The Bertz CT molecular complexity index is 958. The van der Waals surface area contributed by atoms with Gasteiger partial charge in [0.2, 0.25) is 10.0 Å². The molecule has 0 amide bonds. The molecule has 3 rings (SSSR count). The summed E-state index contributed by atoms with van der Waals surface area (Å²) in [6.45, 7) is 1.96. The van der Waals surface area contributed by atoms with Crippen LogP contribution in [0.25, 0.3) is 11.2 Å². The fourth-order valence-corrected chi connectivity index (χ4v) is 3.52. The molecule has 0 aliphatic carbocycles. The van der Waals surface area contributed by atoms with Crippen molar-refractivity contribution in [3.8, 4) is 0 Å². The third-order valence-electron chi connectivity index (χ3n) is 3.53. The molecule has 2 heterocycles. The molecular weight excluding hydrogens is 338 g/mol. The van der Waals surface area contributed by atoms with Gasteiger partial charge in [-0.15, -0.1) is 0 Å². The van der Waals surface area contributed by atoms with E-state index in [2.05, 4.69) is 25.0 Å². The molecule has 7 nitrogen and oxygen atoms in total. The lowest BCUT2D eigenvalue weighted by Gasteiger charge is -2.09. The average Bonchev–Trinajstić information content (AvgIpc) is 2.61. The number of fused-ring (bicyclic) bond motifs is 1. The largest absolute Gasteiger partial charge is 0.340 e. The first-order valence-corrected chi connectivity index (χ1v) is 9.66. The lowest BCUT2D eigenvalue weighted by molar-refractivity contribution is 0.598. The SMILES string of the molecule is CCCCS(=O)(=O)Nc1ccc(Nc2ccc3nccnc3n2)cc1. The van der Waals surface area contributed by atoms with Crippen LogP contribution in [0.4, 0.5) is 17.2 Å². The summed E-state index contributed by atoms with van der Waals surface area (Å²) in [5, 5.41) is 3.16. The summed E-state index contributed by atoms with van der Waals surface area (Å²) >= 11 is 0. The number of hydrogen-bond donors (Lipinski definition) is 2. The van der Waals surface area contributed by atoms with Gasteiger partial charge in [0.25, 0.3) is 0 Å². The zero-order valence-electron chi connectivity index (χ0n) is 13.8. The van der Waals surface area contributed by atoms with Crippen LogP contribution in [0.1, 0.15) is 19.8 Å². The van der Waals surface area contributed by atoms with Gasteiger partial charge >= 0.3 is 0 Å². The van der Waals surface area contributed by atoms with Crippen molar-refractivity contribution in [3.63, 3.8) is 0 Å². The number of rotatable bonds is 7. The van der Waals surface area contributed by atoms with Gasteiger partial charge in [-0.3, -0.25) is 9.71 Å².